The van der Waals surface area contributed by atoms with Gasteiger partial charge in [-0.1, -0.05) is 0 Å². The Hall–Kier alpha value is -3.90. The van der Waals surface area contributed by atoms with E-state index in [1.54, 1.807) is 6.92 Å². The van der Waals surface area contributed by atoms with E-state index in [-0.39, 0.29) is 36.6 Å². The van der Waals surface area contributed by atoms with Crippen LogP contribution in [0.3, 0.4) is 0 Å². The Morgan fingerprint density at radius 2 is 1.91 bits per heavy atom. The molecule has 0 radical (unpaired) electrons. The second-order valence-corrected chi connectivity index (χ2v) is 11.9. The number of amides is 2. The summed E-state index contributed by atoms with van der Waals surface area (Å²) in [5, 5.41) is 8.29. The molecule has 4 rings (SSSR count). The quantitative estimate of drug-likeness (QED) is 0.373. The van der Waals surface area contributed by atoms with E-state index in [4.69, 9.17) is 4.74 Å². The van der Waals surface area contributed by atoms with Gasteiger partial charge in [-0.2, -0.15) is 22.0 Å². The first kappa shape index (κ1) is 32.0. The molecule has 2 N–H and O–H groups in total. The lowest BCUT2D eigenvalue weighted by atomic mass is 10.1. The summed E-state index contributed by atoms with van der Waals surface area (Å²) in [6.45, 7) is -1.28. The van der Waals surface area contributed by atoms with E-state index in [1.165, 1.54) is 12.1 Å². The summed E-state index contributed by atoms with van der Waals surface area (Å²) < 4.78 is 123. The minimum atomic E-state index is -4.89. The average Bonchev–Trinajstić information content (AvgIpc) is 3.49. The molecule has 12 nitrogen and oxygen atoms in total. The molecule has 2 aliphatic rings. The fourth-order valence-corrected chi connectivity index (χ4v) is 5.51. The number of ether oxygens (including phenoxy) is 3. The van der Waals surface area contributed by atoms with Gasteiger partial charge in [0.25, 0.3) is 15.9 Å². The zero-order chi connectivity index (χ0) is 31.9. The third kappa shape index (κ3) is 7.02. The van der Waals surface area contributed by atoms with E-state index >= 15 is 0 Å². The van der Waals surface area contributed by atoms with Gasteiger partial charge in [-0.05, 0) is 45.4 Å². The Kier molecular flexibility index (Phi) is 8.67. The molecular weight excluding hydrogens is 616 g/mol. The van der Waals surface area contributed by atoms with Crippen molar-refractivity contribution in [3.8, 4) is 11.6 Å². The molecule has 0 spiro atoms. The molecule has 1 aliphatic heterocycles. The lowest BCUT2D eigenvalue weighted by Gasteiger charge is -2.35. The minimum absolute atomic E-state index is 0.0490. The first-order valence-corrected chi connectivity index (χ1v) is 14.2. The van der Waals surface area contributed by atoms with Gasteiger partial charge in [-0.15, -0.1) is 5.10 Å². The number of carbonyl (C=O) groups excluding carboxylic acids is 2. The van der Waals surface area contributed by atoms with Gasteiger partial charge in [0.05, 0.1) is 24.7 Å². The number of hydrogen-bond donors (Lipinski definition) is 2. The van der Waals surface area contributed by atoms with Crippen molar-refractivity contribution in [1.29, 1.82) is 0 Å². The van der Waals surface area contributed by atoms with Crippen molar-refractivity contribution in [1.82, 2.24) is 15.1 Å². The molecule has 1 fully saturated rings. The van der Waals surface area contributed by atoms with Crippen molar-refractivity contribution in [2.24, 2.45) is 5.92 Å². The molecule has 2 aromatic rings. The zero-order valence-corrected chi connectivity index (χ0v) is 23.6. The molecule has 238 valence electrons. The number of fused-ring (bicyclic) bond motifs is 1. The largest absolute Gasteiger partial charge is 0.484 e. The van der Waals surface area contributed by atoms with Crippen molar-refractivity contribution >= 4 is 33.4 Å². The number of sulfonamides is 1. The van der Waals surface area contributed by atoms with Gasteiger partial charge in [0.2, 0.25) is 11.5 Å². The van der Waals surface area contributed by atoms with E-state index in [0.717, 1.165) is 21.3 Å². The van der Waals surface area contributed by atoms with Gasteiger partial charge in [0.1, 0.15) is 18.0 Å². The summed E-state index contributed by atoms with van der Waals surface area (Å²) in [6.07, 6.45) is -7.72. The Balaban J connectivity index is 1.67. The number of anilines is 2. The van der Waals surface area contributed by atoms with Gasteiger partial charge < -0.3 is 19.5 Å². The second-order valence-electron chi connectivity index (χ2n) is 10.1. The Morgan fingerprint density at radius 1 is 1.23 bits per heavy atom. The first-order valence-electron chi connectivity index (χ1n) is 12.8. The molecule has 2 amide bonds. The zero-order valence-electron chi connectivity index (χ0n) is 22.8. The van der Waals surface area contributed by atoms with Crippen LogP contribution in [0, 0.1) is 5.92 Å². The highest BCUT2D eigenvalue weighted by molar-refractivity contribution is 7.93. The summed E-state index contributed by atoms with van der Waals surface area (Å²) >= 11 is 0. The molecule has 3 atom stereocenters. The van der Waals surface area contributed by atoms with Crippen LogP contribution in [0.4, 0.5) is 42.5 Å². The number of halogens is 6. The maximum atomic E-state index is 13.9. The van der Waals surface area contributed by atoms with Crippen LogP contribution in [0.1, 0.15) is 27.2 Å². The van der Waals surface area contributed by atoms with E-state index < -0.39 is 75.9 Å². The first-order chi connectivity index (χ1) is 19.9. The minimum Gasteiger partial charge on any atom is -0.484 e. The van der Waals surface area contributed by atoms with Crippen LogP contribution in [0.5, 0.6) is 11.6 Å². The van der Waals surface area contributed by atoms with Crippen molar-refractivity contribution in [3.63, 3.8) is 0 Å². The number of alkyl halides is 6. The SMILES string of the molecule is CCn1cc(S(=O)(=O)N2C[C@H](CNC(=O)[C@@H]3C[C@@H]3F)Oc3ccc(NC(=O)OC(C)(C)C(F)(F)F)cc32)c(OC(F)F)n1. The molecule has 1 aromatic carbocycles. The number of hydrogen-bond acceptors (Lipinski definition) is 8. The maximum Gasteiger partial charge on any atom is 0.427 e. The lowest BCUT2D eigenvalue weighted by Crippen LogP contribution is -2.48. The van der Waals surface area contributed by atoms with Crippen LogP contribution >= 0.6 is 0 Å². The number of benzene rings is 1. The summed E-state index contributed by atoms with van der Waals surface area (Å²) in [6, 6.07) is 3.44. The molecule has 19 heteroatoms. The standard InChI is InChI=1S/C24H27F6N5O7S/c1-4-34-11-18(20(33-34)41-21(26)27)43(38,39)35-10-13(9-31-19(36)14-8-15(14)25)40-17-6-5-12(7-16(17)35)32-22(37)42-23(2,3)24(28,29)30/h5-7,11,13-15,21H,4,8-10H2,1-3H3,(H,31,36)(H,32,37)/t13-,14+,15-/m0/s1. The Morgan fingerprint density at radius 3 is 2.49 bits per heavy atom. The predicted molar refractivity (Wildman–Crippen MR) is 136 cm³/mol. The van der Waals surface area contributed by atoms with Gasteiger partial charge in [-0.3, -0.25) is 19.1 Å². The van der Waals surface area contributed by atoms with Crippen LogP contribution in [0.15, 0.2) is 29.3 Å². The molecule has 2 heterocycles. The van der Waals surface area contributed by atoms with Gasteiger partial charge in [0, 0.05) is 18.4 Å². The van der Waals surface area contributed by atoms with Crippen LogP contribution < -0.4 is 24.4 Å². The van der Waals surface area contributed by atoms with Gasteiger partial charge in [-0.25, -0.2) is 17.6 Å². The summed E-state index contributed by atoms with van der Waals surface area (Å²) in [5.74, 6) is -2.45. The summed E-state index contributed by atoms with van der Waals surface area (Å²) in [5.41, 5.74) is -3.30. The second kappa shape index (κ2) is 11.6. The number of aromatic nitrogens is 2. The molecule has 0 bridgehead atoms. The highest BCUT2D eigenvalue weighted by Gasteiger charge is 2.51. The third-order valence-corrected chi connectivity index (χ3v) is 8.27. The number of rotatable bonds is 10. The lowest BCUT2D eigenvalue weighted by molar-refractivity contribution is -0.242. The smallest absolute Gasteiger partial charge is 0.427 e. The number of aryl methyl sites for hydroxylation is 1. The van der Waals surface area contributed by atoms with Gasteiger partial charge in [0.15, 0.2) is 4.90 Å². The highest BCUT2D eigenvalue weighted by Crippen LogP contribution is 2.41. The van der Waals surface area contributed by atoms with Gasteiger partial charge >= 0.3 is 18.9 Å². The number of nitrogens with zero attached hydrogens (tertiary/aromatic N) is 3. The van der Waals surface area contributed by atoms with E-state index in [9.17, 15) is 44.3 Å². The third-order valence-electron chi connectivity index (χ3n) is 6.51. The molecule has 1 aromatic heterocycles. The summed E-state index contributed by atoms with van der Waals surface area (Å²) in [7, 11) is -4.77. The predicted octanol–water partition coefficient (Wildman–Crippen LogP) is 3.82. The van der Waals surface area contributed by atoms with E-state index in [0.29, 0.717) is 13.8 Å². The Labute approximate surface area is 241 Å². The van der Waals surface area contributed by atoms with Crippen LogP contribution in [-0.4, -0.2) is 74.0 Å². The molecule has 1 saturated carbocycles. The van der Waals surface area contributed by atoms with E-state index in [2.05, 4.69) is 25.2 Å². The number of carbonyl (C=O) groups is 2. The molecule has 43 heavy (non-hydrogen) atoms. The maximum absolute atomic E-state index is 13.9. The van der Waals surface area contributed by atoms with E-state index in [1.807, 2.05) is 0 Å². The molecular formula is C24H27F6N5O7S. The number of nitrogens with one attached hydrogen (secondary N) is 2. The highest BCUT2D eigenvalue weighted by atomic mass is 32.2. The van der Waals surface area contributed by atoms with Crippen molar-refractivity contribution in [3.05, 3.63) is 24.4 Å². The average molecular weight is 644 g/mol. The molecule has 0 saturated heterocycles. The normalized spacial score (nSPS) is 20.2. The summed E-state index contributed by atoms with van der Waals surface area (Å²) in [4.78, 5) is 23.6. The molecule has 1 aliphatic carbocycles. The van der Waals surface area contributed by atoms with Crippen LogP contribution in [-0.2, 0) is 26.1 Å². The molecule has 0 unspecified atom stereocenters. The fourth-order valence-electron chi connectivity index (χ4n) is 3.95. The van der Waals surface area contributed by atoms with Crippen molar-refractivity contribution < 1.29 is 58.6 Å². The van der Waals surface area contributed by atoms with Crippen LogP contribution in [0.2, 0.25) is 0 Å². The van der Waals surface area contributed by atoms with Crippen LogP contribution in [0.25, 0.3) is 0 Å². The van der Waals surface area contributed by atoms with Crippen molar-refractivity contribution in [2.75, 3.05) is 22.7 Å². The topological polar surface area (TPSA) is 141 Å². The monoisotopic (exact) mass is 643 g/mol. The Bertz CT molecular complexity index is 1480. The van der Waals surface area contributed by atoms with Crippen molar-refractivity contribution in [2.45, 2.75) is 69.3 Å². The fraction of sp³-hybridized carbons (Fsp3) is 0.542.